The van der Waals surface area contributed by atoms with Crippen LogP contribution in [0.3, 0.4) is 0 Å². The molecule has 1 aromatic heterocycles. The van der Waals surface area contributed by atoms with Crippen molar-refractivity contribution in [2.45, 2.75) is 12.8 Å². The number of nitrogen functional groups attached to an aromatic ring is 1. The molecule has 2 rings (SSSR count). The Morgan fingerprint density at radius 1 is 1.50 bits per heavy atom. The molecule has 1 unspecified atom stereocenters. The predicted molar refractivity (Wildman–Crippen MR) is 65.2 cm³/mol. The second kappa shape index (κ2) is 4.85. The van der Waals surface area contributed by atoms with Crippen molar-refractivity contribution in [3.05, 3.63) is 21.6 Å². The molecule has 0 spiro atoms. The summed E-state index contributed by atoms with van der Waals surface area (Å²) >= 11 is 0. The Balaban J connectivity index is 2.53. The predicted octanol–water partition coefficient (Wildman–Crippen LogP) is -1.36. The van der Waals surface area contributed by atoms with Gasteiger partial charge in [-0.3, -0.25) is 29.0 Å². The molecule has 106 valence electrons. The van der Waals surface area contributed by atoms with Crippen molar-refractivity contribution in [2.24, 2.45) is 13.0 Å². The van der Waals surface area contributed by atoms with Crippen molar-refractivity contribution in [3.63, 3.8) is 0 Å². The highest BCUT2D eigenvalue weighted by Crippen LogP contribution is 2.25. The molecule has 1 aliphatic rings. The number of ketones is 2. The van der Waals surface area contributed by atoms with Crippen LogP contribution in [0.4, 0.5) is 5.95 Å². The first-order valence-corrected chi connectivity index (χ1v) is 5.73. The number of aromatic nitrogens is 2. The Hall–Kier alpha value is -2.55. The van der Waals surface area contributed by atoms with Crippen LogP contribution in [0.1, 0.15) is 33.7 Å². The van der Waals surface area contributed by atoms with Gasteiger partial charge in [0, 0.05) is 25.8 Å². The highest BCUT2D eigenvalue weighted by Gasteiger charge is 2.37. The molecule has 1 aromatic rings. The second-order valence-electron chi connectivity index (χ2n) is 4.49. The van der Waals surface area contributed by atoms with Gasteiger partial charge in [-0.1, -0.05) is 0 Å². The number of rotatable bonds is 2. The van der Waals surface area contributed by atoms with Crippen molar-refractivity contribution in [3.8, 4) is 0 Å². The number of nitrogens with one attached hydrogen (secondary N) is 1. The molecule has 20 heavy (non-hydrogen) atoms. The van der Waals surface area contributed by atoms with E-state index in [1.807, 2.05) is 0 Å². The molecule has 9 nitrogen and oxygen atoms in total. The van der Waals surface area contributed by atoms with Gasteiger partial charge in [-0.05, 0) is 0 Å². The first-order chi connectivity index (χ1) is 9.36. The van der Waals surface area contributed by atoms with Crippen molar-refractivity contribution < 1.29 is 19.6 Å². The van der Waals surface area contributed by atoms with Gasteiger partial charge in [0.15, 0.2) is 11.6 Å². The van der Waals surface area contributed by atoms with Crippen molar-refractivity contribution in [2.75, 3.05) is 5.73 Å². The Labute approximate surface area is 112 Å². The van der Waals surface area contributed by atoms with Crippen LogP contribution < -0.4 is 16.8 Å². The van der Waals surface area contributed by atoms with Gasteiger partial charge < -0.3 is 5.73 Å². The van der Waals surface area contributed by atoms with Crippen LogP contribution in [0.2, 0.25) is 0 Å². The minimum atomic E-state index is -0.986. The number of fused-ring (bicyclic) bond motifs is 1. The zero-order valence-corrected chi connectivity index (χ0v) is 10.5. The van der Waals surface area contributed by atoms with Gasteiger partial charge in [0.05, 0.1) is 0 Å². The number of hydrogen-bond donors (Lipinski definition) is 3. The number of amides is 1. The molecule has 0 fully saturated rings. The van der Waals surface area contributed by atoms with Crippen LogP contribution in [0.15, 0.2) is 4.79 Å². The summed E-state index contributed by atoms with van der Waals surface area (Å²) in [6.07, 6.45) is -0.632. The molecule has 9 heteroatoms. The van der Waals surface area contributed by atoms with E-state index in [0.29, 0.717) is 0 Å². The minimum absolute atomic E-state index is 0.165. The summed E-state index contributed by atoms with van der Waals surface area (Å²) < 4.78 is 0.957. The lowest BCUT2D eigenvalue weighted by Gasteiger charge is -2.21. The van der Waals surface area contributed by atoms with E-state index in [-0.39, 0.29) is 30.0 Å². The third-order valence-electron chi connectivity index (χ3n) is 3.19. The van der Waals surface area contributed by atoms with Crippen LogP contribution in [-0.2, 0) is 11.8 Å². The number of carbonyl (C=O) groups is 3. The van der Waals surface area contributed by atoms with Crippen molar-refractivity contribution in [1.29, 1.82) is 0 Å². The van der Waals surface area contributed by atoms with Gasteiger partial charge in [-0.2, -0.15) is 0 Å². The molecule has 0 bridgehead atoms. The van der Waals surface area contributed by atoms with Crippen LogP contribution >= 0.6 is 0 Å². The Kier molecular flexibility index (Phi) is 3.36. The fourth-order valence-electron chi connectivity index (χ4n) is 2.09. The van der Waals surface area contributed by atoms with E-state index in [2.05, 4.69) is 4.98 Å². The fraction of sp³-hybridized carbons (Fsp3) is 0.364. The van der Waals surface area contributed by atoms with Gasteiger partial charge in [0.25, 0.3) is 5.56 Å². The summed E-state index contributed by atoms with van der Waals surface area (Å²) in [6.45, 7) is 0. The Bertz CT molecular complexity index is 678. The number of hydrogen-bond acceptors (Lipinski definition) is 7. The van der Waals surface area contributed by atoms with Gasteiger partial charge in [-0.25, -0.2) is 10.5 Å². The molecule has 1 amide bonds. The van der Waals surface area contributed by atoms with Crippen LogP contribution in [-0.4, -0.2) is 32.2 Å². The summed E-state index contributed by atoms with van der Waals surface area (Å²) in [5, 5.41) is 8.46. The molecular weight excluding hydrogens is 268 g/mol. The maximum absolute atomic E-state index is 12.2. The third kappa shape index (κ3) is 2.07. The number of hydroxylamine groups is 1. The average Bonchev–Trinajstić information content (AvgIpc) is 2.41. The summed E-state index contributed by atoms with van der Waals surface area (Å²) in [5.41, 5.74) is 5.54. The molecule has 1 atom stereocenters. The number of nitrogens with two attached hydrogens (primary N) is 1. The molecule has 1 heterocycles. The lowest BCUT2D eigenvalue weighted by Crippen LogP contribution is -2.39. The molecule has 0 saturated heterocycles. The lowest BCUT2D eigenvalue weighted by molar-refractivity contribution is -0.129. The molecule has 0 aromatic carbocycles. The van der Waals surface area contributed by atoms with Gasteiger partial charge >= 0.3 is 0 Å². The standard InChI is InChI=1S/C11H12N4O5/c1-15-10(19)7-8(13-11(15)12)5(16)2-4(9(7)18)3-6(17)14-20/h4,20H,2-3H2,1H3,(H2,12,13)(H,14,17). The van der Waals surface area contributed by atoms with Crippen LogP contribution in [0.5, 0.6) is 0 Å². The zero-order chi connectivity index (χ0) is 15.0. The highest BCUT2D eigenvalue weighted by atomic mass is 16.5. The SMILES string of the molecule is Cn1c(N)nc2c(c1=O)C(=O)C(CC(=O)NO)CC2=O. The van der Waals surface area contributed by atoms with E-state index in [0.717, 1.165) is 4.57 Å². The normalized spacial score (nSPS) is 17.8. The summed E-state index contributed by atoms with van der Waals surface area (Å²) in [6, 6.07) is 0. The average molecular weight is 280 g/mol. The summed E-state index contributed by atoms with van der Waals surface area (Å²) in [4.78, 5) is 51.0. The zero-order valence-electron chi connectivity index (χ0n) is 10.5. The largest absolute Gasteiger partial charge is 0.369 e. The van der Waals surface area contributed by atoms with E-state index in [4.69, 9.17) is 10.9 Å². The summed E-state index contributed by atoms with van der Waals surface area (Å²) in [5.74, 6) is -3.13. The van der Waals surface area contributed by atoms with Crippen LogP contribution in [0.25, 0.3) is 0 Å². The Morgan fingerprint density at radius 2 is 2.15 bits per heavy atom. The number of Topliss-reactive ketones (excluding diaryl/α,β-unsaturated/α-hetero) is 2. The Morgan fingerprint density at radius 3 is 2.75 bits per heavy atom. The molecular formula is C11H12N4O5. The minimum Gasteiger partial charge on any atom is -0.369 e. The van der Waals surface area contributed by atoms with E-state index in [1.54, 1.807) is 0 Å². The maximum Gasteiger partial charge on any atom is 0.266 e. The van der Waals surface area contributed by atoms with Gasteiger partial charge in [0.2, 0.25) is 11.9 Å². The second-order valence-corrected chi connectivity index (χ2v) is 4.49. The van der Waals surface area contributed by atoms with E-state index in [9.17, 15) is 19.2 Å². The molecule has 0 radical (unpaired) electrons. The lowest BCUT2D eigenvalue weighted by atomic mass is 9.83. The molecule has 1 aliphatic carbocycles. The first-order valence-electron chi connectivity index (χ1n) is 5.73. The van der Waals surface area contributed by atoms with Crippen molar-refractivity contribution in [1.82, 2.24) is 15.0 Å². The number of nitrogens with zero attached hydrogens (tertiary/aromatic N) is 2. The van der Waals surface area contributed by atoms with Crippen LogP contribution in [0, 0.1) is 5.92 Å². The first kappa shape index (κ1) is 13.9. The molecule has 0 aliphatic heterocycles. The fourth-order valence-corrected chi connectivity index (χ4v) is 2.09. The van der Waals surface area contributed by atoms with E-state index >= 15 is 0 Å². The molecule has 4 N–H and O–H groups in total. The van der Waals surface area contributed by atoms with Gasteiger partial charge in [0.1, 0.15) is 11.3 Å². The van der Waals surface area contributed by atoms with Crippen molar-refractivity contribution >= 4 is 23.4 Å². The summed E-state index contributed by atoms with van der Waals surface area (Å²) in [7, 11) is 1.33. The van der Waals surface area contributed by atoms with E-state index < -0.39 is 29.0 Å². The smallest absolute Gasteiger partial charge is 0.266 e. The highest BCUT2D eigenvalue weighted by molar-refractivity contribution is 6.14. The maximum atomic E-state index is 12.2. The molecule has 0 saturated carbocycles. The monoisotopic (exact) mass is 280 g/mol. The topological polar surface area (TPSA) is 144 Å². The van der Waals surface area contributed by atoms with E-state index in [1.165, 1.54) is 12.5 Å². The third-order valence-corrected chi connectivity index (χ3v) is 3.19. The number of anilines is 1. The quantitative estimate of drug-likeness (QED) is 0.448. The number of carbonyl (C=O) groups excluding carboxylic acids is 3. The van der Waals surface area contributed by atoms with Gasteiger partial charge in [-0.15, -0.1) is 0 Å².